The number of aryl methyl sites for hydroxylation is 1. The molecular weight excluding hydrogens is 268 g/mol. The second kappa shape index (κ2) is 5.60. The molecule has 0 fully saturated rings. The summed E-state index contributed by atoms with van der Waals surface area (Å²) in [6, 6.07) is 9.12. The molecule has 1 aromatic carbocycles. The zero-order chi connectivity index (χ0) is 13.0. The van der Waals surface area contributed by atoms with Gasteiger partial charge in [-0.05, 0) is 12.5 Å². The van der Waals surface area contributed by atoms with Crippen LogP contribution < -0.4 is 4.72 Å². The van der Waals surface area contributed by atoms with Crippen molar-refractivity contribution < 1.29 is 8.42 Å². The Balaban J connectivity index is 1.96. The van der Waals surface area contributed by atoms with E-state index in [0.29, 0.717) is 0 Å². The van der Waals surface area contributed by atoms with Crippen molar-refractivity contribution in [2.24, 2.45) is 0 Å². The lowest BCUT2D eigenvalue weighted by Crippen LogP contribution is -2.24. The Labute approximate surface area is 111 Å². The summed E-state index contributed by atoms with van der Waals surface area (Å²) in [6.45, 7) is 2.20. The highest BCUT2D eigenvalue weighted by Crippen LogP contribution is 2.11. The van der Waals surface area contributed by atoms with Crippen LogP contribution >= 0.6 is 11.3 Å². The Hall–Kier alpha value is -1.24. The number of nitrogens with zero attached hydrogens (tertiary/aromatic N) is 1. The van der Waals surface area contributed by atoms with Crippen LogP contribution in [-0.2, 0) is 22.3 Å². The molecule has 2 rings (SSSR count). The van der Waals surface area contributed by atoms with E-state index in [1.165, 1.54) is 11.3 Å². The van der Waals surface area contributed by atoms with E-state index in [2.05, 4.69) is 9.71 Å². The van der Waals surface area contributed by atoms with Crippen molar-refractivity contribution in [2.45, 2.75) is 19.2 Å². The fourth-order valence-corrected chi connectivity index (χ4v) is 3.41. The highest BCUT2D eigenvalue weighted by molar-refractivity contribution is 7.88. The second-order valence-electron chi connectivity index (χ2n) is 3.93. The fourth-order valence-electron chi connectivity index (χ4n) is 1.50. The molecule has 0 saturated heterocycles. The van der Waals surface area contributed by atoms with Gasteiger partial charge in [0.2, 0.25) is 10.0 Å². The smallest absolute Gasteiger partial charge is 0.216 e. The molecule has 0 aliphatic rings. The molecule has 1 N–H and O–H groups in total. The number of thiazole rings is 1. The lowest BCUT2D eigenvalue weighted by atomic mass is 10.2. The van der Waals surface area contributed by atoms with E-state index in [4.69, 9.17) is 0 Å². The maximum absolute atomic E-state index is 11.8. The van der Waals surface area contributed by atoms with E-state index in [1.54, 1.807) is 18.3 Å². The molecule has 4 nitrogen and oxygen atoms in total. The number of hydrogen-bond acceptors (Lipinski definition) is 4. The summed E-state index contributed by atoms with van der Waals surface area (Å²) in [5.74, 6) is -0.00179. The van der Waals surface area contributed by atoms with E-state index in [0.717, 1.165) is 15.4 Å². The number of benzene rings is 1. The lowest BCUT2D eigenvalue weighted by Gasteiger charge is -2.05. The number of sulfonamides is 1. The Morgan fingerprint density at radius 3 is 2.61 bits per heavy atom. The zero-order valence-electron chi connectivity index (χ0n) is 9.96. The van der Waals surface area contributed by atoms with Crippen LogP contribution in [0.3, 0.4) is 0 Å². The van der Waals surface area contributed by atoms with Gasteiger partial charge in [-0.1, -0.05) is 30.3 Å². The molecule has 0 spiro atoms. The first-order valence-corrected chi connectivity index (χ1v) is 7.94. The summed E-state index contributed by atoms with van der Waals surface area (Å²) in [7, 11) is -3.31. The molecule has 6 heteroatoms. The summed E-state index contributed by atoms with van der Waals surface area (Å²) in [4.78, 5) is 5.19. The molecule has 0 radical (unpaired) electrons. The van der Waals surface area contributed by atoms with Crippen LogP contribution in [0.15, 0.2) is 36.5 Å². The highest BCUT2D eigenvalue weighted by Gasteiger charge is 2.11. The number of aromatic nitrogens is 1. The van der Waals surface area contributed by atoms with Crippen LogP contribution in [-0.4, -0.2) is 13.4 Å². The molecule has 0 atom stereocenters. The molecule has 1 heterocycles. The van der Waals surface area contributed by atoms with E-state index < -0.39 is 10.0 Å². The summed E-state index contributed by atoms with van der Waals surface area (Å²) < 4.78 is 26.2. The molecule has 1 aromatic heterocycles. The van der Waals surface area contributed by atoms with Crippen molar-refractivity contribution >= 4 is 21.4 Å². The average molecular weight is 282 g/mol. The SMILES string of the molecule is Cc1cnc(CNS(=O)(=O)Cc2ccccc2)s1. The standard InChI is InChI=1S/C12H14N2O2S2/c1-10-7-13-12(17-10)8-14-18(15,16)9-11-5-3-2-4-6-11/h2-7,14H,8-9H2,1H3. The summed E-state index contributed by atoms with van der Waals surface area (Å²) in [5.41, 5.74) is 0.778. The Morgan fingerprint density at radius 2 is 2.00 bits per heavy atom. The molecule has 18 heavy (non-hydrogen) atoms. The predicted molar refractivity (Wildman–Crippen MR) is 72.8 cm³/mol. The van der Waals surface area contributed by atoms with E-state index >= 15 is 0 Å². The normalized spacial score (nSPS) is 11.6. The molecule has 2 aromatic rings. The fraction of sp³-hybridized carbons (Fsp3) is 0.250. The third kappa shape index (κ3) is 3.90. The van der Waals surface area contributed by atoms with Crippen LogP contribution in [0.25, 0.3) is 0 Å². The van der Waals surface area contributed by atoms with Gasteiger partial charge in [-0.3, -0.25) is 0 Å². The predicted octanol–water partition coefficient (Wildman–Crippen LogP) is 2.07. The zero-order valence-corrected chi connectivity index (χ0v) is 11.6. The molecular formula is C12H14N2O2S2. The van der Waals surface area contributed by atoms with Gasteiger partial charge in [0.25, 0.3) is 0 Å². The first-order valence-electron chi connectivity index (χ1n) is 5.48. The summed E-state index contributed by atoms with van der Waals surface area (Å²) >= 11 is 1.50. The summed E-state index contributed by atoms with van der Waals surface area (Å²) in [5, 5.41) is 0.782. The minimum atomic E-state index is -3.31. The summed E-state index contributed by atoms with van der Waals surface area (Å²) in [6.07, 6.45) is 1.74. The molecule has 0 bridgehead atoms. The van der Waals surface area contributed by atoms with Gasteiger partial charge in [-0.2, -0.15) is 0 Å². The number of nitrogens with one attached hydrogen (secondary N) is 1. The van der Waals surface area contributed by atoms with E-state index in [1.807, 2.05) is 25.1 Å². The molecule has 0 unspecified atom stereocenters. The number of rotatable bonds is 5. The van der Waals surface area contributed by atoms with Gasteiger partial charge in [0.1, 0.15) is 5.01 Å². The van der Waals surface area contributed by atoms with Crippen LogP contribution in [0, 0.1) is 6.92 Å². The second-order valence-corrected chi connectivity index (χ2v) is 7.06. The highest BCUT2D eigenvalue weighted by atomic mass is 32.2. The maximum atomic E-state index is 11.8. The van der Waals surface area contributed by atoms with Gasteiger partial charge in [0.05, 0.1) is 12.3 Å². The molecule has 0 aliphatic heterocycles. The molecule has 0 saturated carbocycles. The quantitative estimate of drug-likeness (QED) is 0.913. The van der Waals surface area contributed by atoms with Crippen molar-refractivity contribution in [1.82, 2.24) is 9.71 Å². The van der Waals surface area contributed by atoms with Crippen molar-refractivity contribution in [3.05, 3.63) is 52.0 Å². The Bertz CT molecular complexity index is 606. The maximum Gasteiger partial charge on any atom is 0.216 e. The minimum Gasteiger partial charge on any atom is -0.248 e. The van der Waals surface area contributed by atoms with E-state index in [9.17, 15) is 8.42 Å². The number of hydrogen-bond donors (Lipinski definition) is 1. The van der Waals surface area contributed by atoms with Crippen LogP contribution in [0.2, 0.25) is 0 Å². The molecule has 96 valence electrons. The first kappa shape index (κ1) is 13.2. The Morgan fingerprint density at radius 1 is 1.28 bits per heavy atom. The lowest BCUT2D eigenvalue weighted by molar-refractivity contribution is 0.580. The van der Waals surface area contributed by atoms with Gasteiger partial charge in [0, 0.05) is 11.1 Å². The van der Waals surface area contributed by atoms with Gasteiger partial charge in [-0.25, -0.2) is 18.1 Å². The third-order valence-corrected chi connectivity index (χ3v) is 4.52. The van der Waals surface area contributed by atoms with E-state index in [-0.39, 0.29) is 12.3 Å². The van der Waals surface area contributed by atoms with Crippen LogP contribution in [0.4, 0.5) is 0 Å². The monoisotopic (exact) mass is 282 g/mol. The Kier molecular flexibility index (Phi) is 4.11. The topological polar surface area (TPSA) is 59.1 Å². The molecule has 0 aliphatic carbocycles. The van der Waals surface area contributed by atoms with Gasteiger partial charge >= 0.3 is 0 Å². The van der Waals surface area contributed by atoms with Gasteiger partial charge < -0.3 is 0 Å². The largest absolute Gasteiger partial charge is 0.248 e. The average Bonchev–Trinajstić information content (AvgIpc) is 2.74. The van der Waals surface area contributed by atoms with Crippen molar-refractivity contribution in [1.29, 1.82) is 0 Å². The third-order valence-electron chi connectivity index (χ3n) is 2.31. The van der Waals surface area contributed by atoms with Crippen LogP contribution in [0.1, 0.15) is 15.4 Å². The van der Waals surface area contributed by atoms with Gasteiger partial charge in [-0.15, -0.1) is 11.3 Å². The molecule has 0 amide bonds. The van der Waals surface area contributed by atoms with Crippen molar-refractivity contribution in [3.63, 3.8) is 0 Å². The van der Waals surface area contributed by atoms with Gasteiger partial charge in [0.15, 0.2) is 0 Å². The van der Waals surface area contributed by atoms with Crippen molar-refractivity contribution in [3.8, 4) is 0 Å². The van der Waals surface area contributed by atoms with Crippen LogP contribution in [0.5, 0.6) is 0 Å². The van der Waals surface area contributed by atoms with Crippen molar-refractivity contribution in [2.75, 3.05) is 0 Å². The minimum absolute atomic E-state index is 0.00179. The first-order chi connectivity index (χ1) is 8.55.